The predicted octanol–water partition coefficient (Wildman–Crippen LogP) is 0.778. The van der Waals surface area contributed by atoms with Crippen LogP contribution in [0.2, 0.25) is 5.15 Å². The third kappa shape index (κ3) is 2.74. The number of nitrogens with one attached hydrogen (secondary N) is 2. The third-order valence-corrected chi connectivity index (χ3v) is 4.76. The largest absolute Gasteiger partial charge is 0.768 e. The standard InChI is InChI=1S/C11H15ClN4O2S/c12-10-3-9(19(17)18)11(16-15-10)14-8-1-6-4-13-5-7(6)2-8/h3,6-8,13H,1-2,4-5H2,(H,14,16)(H,17,18)/p-1/t6-,7+,8?. The molecule has 0 spiro atoms. The number of hydrogen-bond acceptors (Lipinski definition) is 6. The smallest absolute Gasteiger partial charge is 0.164 e. The lowest BCUT2D eigenvalue weighted by Crippen LogP contribution is -2.22. The highest BCUT2D eigenvalue weighted by molar-refractivity contribution is 7.79. The highest BCUT2D eigenvalue weighted by Gasteiger charge is 2.37. The minimum Gasteiger partial charge on any atom is -0.768 e. The summed E-state index contributed by atoms with van der Waals surface area (Å²) in [4.78, 5) is 0.0789. The molecular weight excluding hydrogens is 288 g/mol. The molecule has 2 heterocycles. The second-order valence-corrected chi connectivity index (χ2v) is 6.40. The molecule has 1 aromatic rings. The summed E-state index contributed by atoms with van der Waals surface area (Å²) in [6, 6.07) is 1.58. The van der Waals surface area contributed by atoms with Gasteiger partial charge in [-0.15, -0.1) is 10.2 Å². The van der Waals surface area contributed by atoms with Crippen molar-refractivity contribution in [1.82, 2.24) is 15.5 Å². The quantitative estimate of drug-likeness (QED) is 0.802. The van der Waals surface area contributed by atoms with Crippen LogP contribution in [0.5, 0.6) is 0 Å². The van der Waals surface area contributed by atoms with Gasteiger partial charge in [-0.05, 0) is 54.9 Å². The topological polar surface area (TPSA) is 90.0 Å². The van der Waals surface area contributed by atoms with Crippen LogP contribution < -0.4 is 10.6 Å². The second-order valence-electron chi connectivity index (χ2n) is 5.11. The molecule has 1 saturated carbocycles. The number of halogens is 1. The fourth-order valence-electron chi connectivity index (χ4n) is 3.06. The average Bonchev–Trinajstić information content (AvgIpc) is 2.91. The first-order chi connectivity index (χ1) is 9.13. The molecule has 19 heavy (non-hydrogen) atoms. The number of hydrogen-bond donors (Lipinski definition) is 2. The van der Waals surface area contributed by atoms with E-state index in [1.165, 1.54) is 6.07 Å². The molecule has 6 nitrogen and oxygen atoms in total. The first-order valence-corrected chi connectivity index (χ1v) is 7.68. The van der Waals surface area contributed by atoms with E-state index >= 15 is 0 Å². The lowest BCUT2D eigenvalue weighted by Gasteiger charge is -2.17. The molecule has 1 aliphatic heterocycles. The monoisotopic (exact) mass is 301 g/mol. The van der Waals surface area contributed by atoms with Crippen molar-refractivity contribution in [3.05, 3.63) is 11.2 Å². The van der Waals surface area contributed by atoms with E-state index in [-0.39, 0.29) is 16.1 Å². The fourth-order valence-corrected chi connectivity index (χ4v) is 3.73. The Balaban J connectivity index is 1.75. The predicted molar refractivity (Wildman–Crippen MR) is 70.7 cm³/mol. The van der Waals surface area contributed by atoms with Crippen molar-refractivity contribution < 1.29 is 8.76 Å². The van der Waals surface area contributed by atoms with E-state index in [0.29, 0.717) is 17.7 Å². The molecule has 0 radical (unpaired) electrons. The summed E-state index contributed by atoms with van der Waals surface area (Å²) < 4.78 is 22.3. The van der Waals surface area contributed by atoms with Gasteiger partial charge in [0.15, 0.2) is 11.0 Å². The van der Waals surface area contributed by atoms with Crippen molar-refractivity contribution >= 4 is 28.5 Å². The fraction of sp³-hybridized carbons (Fsp3) is 0.636. The first kappa shape index (κ1) is 13.2. The lowest BCUT2D eigenvalue weighted by molar-refractivity contribution is 0.494. The maximum Gasteiger partial charge on any atom is 0.164 e. The van der Waals surface area contributed by atoms with Crippen molar-refractivity contribution in [2.24, 2.45) is 11.8 Å². The molecule has 2 fully saturated rings. The second kappa shape index (κ2) is 5.32. The molecule has 2 N–H and O–H groups in total. The van der Waals surface area contributed by atoms with Crippen LogP contribution >= 0.6 is 11.6 Å². The zero-order valence-corrected chi connectivity index (χ0v) is 11.7. The van der Waals surface area contributed by atoms with Gasteiger partial charge in [-0.3, -0.25) is 4.21 Å². The molecule has 1 saturated heterocycles. The minimum absolute atomic E-state index is 0.0789. The zero-order chi connectivity index (χ0) is 13.4. The van der Waals surface area contributed by atoms with Crippen LogP contribution in [0.25, 0.3) is 0 Å². The van der Waals surface area contributed by atoms with Gasteiger partial charge in [0.05, 0.1) is 4.90 Å². The summed E-state index contributed by atoms with van der Waals surface area (Å²) in [5, 5.41) is 14.2. The van der Waals surface area contributed by atoms with E-state index in [1.807, 2.05) is 0 Å². The molecule has 2 unspecified atom stereocenters. The maximum atomic E-state index is 11.2. The molecule has 104 valence electrons. The average molecular weight is 302 g/mol. The molecular formula is C11H14ClN4O2S-. The van der Waals surface area contributed by atoms with E-state index in [4.69, 9.17) is 11.6 Å². The Morgan fingerprint density at radius 1 is 1.37 bits per heavy atom. The van der Waals surface area contributed by atoms with Gasteiger partial charge >= 0.3 is 0 Å². The molecule has 0 amide bonds. The number of aromatic nitrogens is 2. The van der Waals surface area contributed by atoms with Gasteiger partial charge in [-0.25, -0.2) is 0 Å². The van der Waals surface area contributed by atoms with Gasteiger partial charge < -0.3 is 15.2 Å². The summed E-state index contributed by atoms with van der Waals surface area (Å²) in [5.74, 6) is 1.66. The van der Waals surface area contributed by atoms with Crippen molar-refractivity contribution in [1.29, 1.82) is 0 Å². The summed E-state index contributed by atoms with van der Waals surface area (Å²) in [6.45, 7) is 2.10. The van der Waals surface area contributed by atoms with Crippen LogP contribution in [0.4, 0.5) is 5.82 Å². The summed E-state index contributed by atoms with van der Waals surface area (Å²) >= 11 is 3.30. The van der Waals surface area contributed by atoms with Crippen molar-refractivity contribution in [3.8, 4) is 0 Å². The molecule has 8 heteroatoms. The van der Waals surface area contributed by atoms with Gasteiger partial charge in [0.1, 0.15) is 0 Å². The molecule has 0 aromatic carbocycles. The van der Waals surface area contributed by atoms with Crippen LogP contribution in [-0.4, -0.2) is 38.1 Å². The Labute approximate surface area is 118 Å². The van der Waals surface area contributed by atoms with Gasteiger partial charge in [0, 0.05) is 6.04 Å². The van der Waals surface area contributed by atoms with Crippen LogP contribution in [-0.2, 0) is 11.1 Å². The molecule has 3 rings (SSSR count). The number of nitrogens with zero attached hydrogens (tertiary/aromatic N) is 2. The Hall–Kier alpha value is -0.760. The normalized spacial score (nSPS) is 31.2. The zero-order valence-electron chi connectivity index (χ0n) is 10.1. The Morgan fingerprint density at radius 3 is 2.68 bits per heavy atom. The van der Waals surface area contributed by atoms with Gasteiger partial charge in [0.2, 0.25) is 0 Å². The van der Waals surface area contributed by atoms with E-state index in [9.17, 15) is 8.76 Å². The Morgan fingerprint density at radius 2 is 2.05 bits per heavy atom. The van der Waals surface area contributed by atoms with Crippen molar-refractivity contribution in [2.45, 2.75) is 23.8 Å². The van der Waals surface area contributed by atoms with Crippen molar-refractivity contribution in [3.63, 3.8) is 0 Å². The molecule has 0 bridgehead atoms. The minimum atomic E-state index is -2.37. The number of rotatable bonds is 3. The Bertz CT molecular complexity index is 503. The molecule has 2 aliphatic rings. The van der Waals surface area contributed by atoms with Crippen LogP contribution in [0, 0.1) is 11.8 Å². The lowest BCUT2D eigenvalue weighted by atomic mass is 10.0. The Kier molecular flexibility index (Phi) is 3.70. The van der Waals surface area contributed by atoms with Crippen LogP contribution in [0.15, 0.2) is 11.0 Å². The van der Waals surface area contributed by atoms with Crippen LogP contribution in [0.3, 0.4) is 0 Å². The molecule has 4 atom stereocenters. The van der Waals surface area contributed by atoms with E-state index in [0.717, 1.165) is 25.9 Å². The summed E-state index contributed by atoms with van der Waals surface area (Å²) in [7, 11) is 0. The molecule has 1 aromatic heterocycles. The number of anilines is 1. The SMILES string of the molecule is O=S([O-])c1cc(Cl)nnc1NC1C[C@H]2CNC[C@H]2C1. The highest BCUT2D eigenvalue weighted by atomic mass is 35.5. The first-order valence-electron chi connectivity index (χ1n) is 6.23. The van der Waals surface area contributed by atoms with Crippen molar-refractivity contribution in [2.75, 3.05) is 18.4 Å². The van der Waals surface area contributed by atoms with Crippen LogP contribution in [0.1, 0.15) is 12.8 Å². The molecule has 1 aliphatic carbocycles. The third-order valence-electron chi connectivity index (χ3n) is 3.90. The maximum absolute atomic E-state index is 11.2. The van der Waals surface area contributed by atoms with Gasteiger partial charge in [0.25, 0.3) is 0 Å². The van der Waals surface area contributed by atoms with E-state index in [1.54, 1.807) is 0 Å². The van der Waals surface area contributed by atoms with E-state index in [2.05, 4.69) is 20.8 Å². The number of fused-ring (bicyclic) bond motifs is 1. The highest BCUT2D eigenvalue weighted by Crippen LogP contribution is 2.36. The van der Waals surface area contributed by atoms with Gasteiger partial charge in [-0.1, -0.05) is 11.6 Å². The summed E-state index contributed by atoms with van der Waals surface area (Å²) in [5.41, 5.74) is 0. The van der Waals surface area contributed by atoms with E-state index < -0.39 is 11.1 Å². The summed E-state index contributed by atoms with van der Waals surface area (Å²) in [6.07, 6.45) is 2.07. The van der Waals surface area contributed by atoms with Gasteiger partial charge in [-0.2, -0.15) is 0 Å².